The fourth-order valence-corrected chi connectivity index (χ4v) is 2.62. The molecule has 0 heterocycles. The summed E-state index contributed by atoms with van der Waals surface area (Å²) < 4.78 is 0. The third-order valence-electron chi connectivity index (χ3n) is 3.89. The number of hydrogen-bond acceptors (Lipinski definition) is 2. The maximum Gasteiger partial charge on any atom is 0.251 e. The van der Waals surface area contributed by atoms with Gasteiger partial charge in [-0.2, -0.15) is 5.26 Å². The molecule has 3 rings (SSSR count). The van der Waals surface area contributed by atoms with Gasteiger partial charge in [-0.05, 0) is 60.7 Å². The average molecular weight is 311 g/mol. The fraction of sp³-hybridized carbons (Fsp3) is 0.222. The van der Waals surface area contributed by atoms with E-state index in [-0.39, 0.29) is 11.9 Å². The number of halogens is 1. The number of carbonyl (C=O) groups is 1. The van der Waals surface area contributed by atoms with Gasteiger partial charge in [0, 0.05) is 10.6 Å². The van der Waals surface area contributed by atoms with Gasteiger partial charge in [0.05, 0.1) is 17.7 Å². The normalized spacial score (nSPS) is 14.9. The summed E-state index contributed by atoms with van der Waals surface area (Å²) >= 11 is 5.93. The van der Waals surface area contributed by atoms with Crippen LogP contribution in [0.25, 0.3) is 0 Å². The molecule has 1 amide bonds. The molecule has 110 valence electrons. The Morgan fingerprint density at radius 2 is 1.77 bits per heavy atom. The molecule has 3 nitrogen and oxygen atoms in total. The summed E-state index contributed by atoms with van der Waals surface area (Å²) in [5.74, 6) is 0.375. The Balaban J connectivity index is 1.77. The Labute approximate surface area is 134 Å². The van der Waals surface area contributed by atoms with E-state index in [1.165, 1.54) is 0 Å². The van der Waals surface area contributed by atoms with Gasteiger partial charge in [0.1, 0.15) is 0 Å². The van der Waals surface area contributed by atoms with E-state index in [0.29, 0.717) is 22.1 Å². The zero-order chi connectivity index (χ0) is 15.5. The highest BCUT2D eigenvalue weighted by Gasteiger charge is 2.33. The molecule has 1 atom stereocenters. The highest BCUT2D eigenvalue weighted by molar-refractivity contribution is 6.30. The van der Waals surface area contributed by atoms with Gasteiger partial charge >= 0.3 is 0 Å². The van der Waals surface area contributed by atoms with E-state index in [2.05, 4.69) is 5.32 Å². The first-order valence-electron chi connectivity index (χ1n) is 7.24. The summed E-state index contributed by atoms with van der Waals surface area (Å²) in [7, 11) is 0. The van der Waals surface area contributed by atoms with Crippen LogP contribution in [0.5, 0.6) is 0 Å². The van der Waals surface area contributed by atoms with Crippen LogP contribution in [0.3, 0.4) is 0 Å². The number of carbonyl (C=O) groups excluding carboxylic acids is 1. The lowest BCUT2D eigenvalue weighted by Gasteiger charge is -2.19. The summed E-state index contributed by atoms with van der Waals surface area (Å²) in [6, 6.07) is 16.4. The van der Waals surface area contributed by atoms with Crippen molar-refractivity contribution >= 4 is 17.5 Å². The molecule has 0 aromatic heterocycles. The molecule has 0 aliphatic heterocycles. The maximum absolute atomic E-state index is 12.4. The number of hydrogen-bond donors (Lipinski definition) is 1. The van der Waals surface area contributed by atoms with Crippen LogP contribution in [0.2, 0.25) is 5.02 Å². The topological polar surface area (TPSA) is 52.9 Å². The van der Waals surface area contributed by atoms with E-state index in [9.17, 15) is 4.79 Å². The number of rotatable bonds is 4. The van der Waals surface area contributed by atoms with Crippen LogP contribution in [0.15, 0.2) is 48.5 Å². The molecule has 0 unspecified atom stereocenters. The Morgan fingerprint density at radius 1 is 1.14 bits per heavy atom. The second-order valence-electron chi connectivity index (χ2n) is 5.53. The standard InChI is InChI=1S/C18H15ClN2O/c19-16-9-7-14(8-10-16)17(13-5-6-13)21-18(22)15-3-1-12(11-20)2-4-15/h1-4,7-10,13,17H,5-6H2,(H,21,22)/t17-/m1/s1. The number of nitriles is 1. The molecular weight excluding hydrogens is 296 g/mol. The molecule has 2 aromatic rings. The zero-order valence-electron chi connectivity index (χ0n) is 11.9. The van der Waals surface area contributed by atoms with Gasteiger partial charge in [0.2, 0.25) is 0 Å². The quantitative estimate of drug-likeness (QED) is 0.924. The summed E-state index contributed by atoms with van der Waals surface area (Å²) in [6.07, 6.45) is 2.25. The van der Waals surface area contributed by atoms with E-state index in [0.717, 1.165) is 18.4 Å². The number of benzene rings is 2. The lowest BCUT2D eigenvalue weighted by molar-refractivity contribution is 0.0931. The highest BCUT2D eigenvalue weighted by atomic mass is 35.5. The molecule has 1 aliphatic carbocycles. The smallest absolute Gasteiger partial charge is 0.251 e. The van der Waals surface area contributed by atoms with E-state index >= 15 is 0 Å². The first-order chi connectivity index (χ1) is 10.7. The van der Waals surface area contributed by atoms with Crippen LogP contribution in [0.1, 0.15) is 40.4 Å². The first-order valence-corrected chi connectivity index (χ1v) is 7.61. The Hall–Kier alpha value is -2.31. The van der Waals surface area contributed by atoms with Gasteiger partial charge in [-0.15, -0.1) is 0 Å². The lowest BCUT2D eigenvalue weighted by atomic mass is 10.0. The molecule has 1 N–H and O–H groups in total. The van der Waals surface area contributed by atoms with Crippen LogP contribution in [0.4, 0.5) is 0 Å². The van der Waals surface area contributed by atoms with Crippen LogP contribution in [-0.4, -0.2) is 5.91 Å². The van der Waals surface area contributed by atoms with Gasteiger partial charge in [-0.1, -0.05) is 23.7 Å². The molecule has 22 heavy (non-hydrogen) atoms. The van der Waals surface area contributed by atoms with Gasteiger partial charge < -0.3 is 5.32 Å². The van der Waals surface area contributed by atoms with Gasteiger partial charge in [0.25, 0.3) is 5.91 Å². The fourth-order valence-electron chi connectivity index (χ4n) is 2.49. The summed E-state index contributed by atoms with van der Waals surface area (Å²) in [6.45, 7) is 0. The van der Waals surface area contributed by atoms with Crippen LogP contribution in [0, 0.1) is 17.2 Å². The minimum absolute atomic E-state index is 0.0143. The zero-order valence-corrected chi connectivity index (χ0v) is 12.7. The number of nitrogens with one attached hydrogen (secondary N) is 1. The monoisotopic (exact) mass is 310 g/mol. The Morgan fingerprint density at radius 3 is 2.32 bits per heavy atom. The largest absolute Gasteiger partial charge is 0.345 e. The molecule has 1 fully saturated rings. The molecular formula is C18H15ClN2O. The van der Waals surface area contributed by atoms with Crippen molar-refractivity contribution in [2.24, 2.45) is 5.92 Å². The minimum atomic E-state index is -0.115. The lowest BCUT2D eigenvalue weighted by Crippen LogP contribution is -2.29. The van der Waals surface area contributed by atoms with Crippen molar-refractivity contribution in [2.45, 2.75) is 18.9 Å². The van der Waals surface area contributed by atoms with Crippen molar-refractivity contribution in [3.05, 3.63) is 70.2 Å². The molecule has 0 spiro atoms. The van der Waals surface area contributed by atoms with Crippen molar-refractivity contribution in [1.82, 2.24) is 5.32 Å². The van der Waals surface area contributed by atoms with Crippen molar-refractivity contribution in [3.8, 4) is 6.07 Å². The predicted octanol–water partition coefficient (Wildman–Crippen LogP) is 4.09. The van der Waals surface area contributed by atoms with Gasteiger partial charge in [0.15, 0.2) is 0 Å². The van der Waals surface area contributed by atoms with Crippen molar-refractivity contribution in [3.63, 3.8) is 0 Å². The molecule has 4 heteroatoms. The summed E-state index contributed by atoms with van der Waals surface area (Å²) in [5, 5.41) is 12.6. The summed E-state index contributed by atoms with van der Waals surface area (Å²) in [5.41, 5.74) is 2.19. The van der Waals surface area contributed by atoms with Crippen molar-refractivity contribution < 1.29 is 4.79 Å². The summed E-state index contributed by atoms with van der Waals surface area (Å²) in [4.78, 5) is 12.4. The molecule has 0 radical (unpaired) electrons. The third kappa shape index (κ3) is 3.29. The maximum atomic E-state index is 12.4. The van der Waals surface area contributed by atoms with Gasteiger partial charge in [-0.25, -0.2) is 0 Å². The van der Waals surface area contributed by atoms with E-state index in [4.69, 9.17) is 16.9 Å². The van der Waals surface area contributed by atoms with Gasteiger partial charge in [-0.3, -0.25) is 4.79 Å². The van der Waals surface area contributed by atoms with E-state index in [1.54, 1.807) is 24.3 Å². The predicted molar refractivity (Wildman–Crippen MR) is 85.5 cm³/mol. The van der Waals surface area contributed by atoms with Crippen LogP contribution >= 0.6 is 11.6 Å². The molecule has 0 saturated heterocycles. The number of amides is 1. The van der Waals surface area contributed by atoms with E-state index in [1.807, 2.05) is 30.3 Å². The van der Waals surface area contributed by atoms with Crippen molar-refractivity contribution in [2.75, 3.05) is 0 Å². The average Bonchev–Trinajstić information content (AvgIpc) is 3.38. The Bertz CT molecular complexity index is 712. The minimum Gasteiger partial charge on any atom is -0.345 e. The second-order valence-corrected chi connectivity index (χ2v) is 5.97. The second kappa shape index (κ2) is 6.21. The SMILES string of the molecule is N#Cc1ccc(C(=O)N[C@@H](c2ccc(Cl)cc2)C2CC2)cc1. The van der Waals surface area contributed by atoms with Crippen molar-refractivity contribution in [1.29, 1.82) is 5.26 Å². The molecule has 0 bridgehead atoms. The van der Waals surface area contributed by atoms with Crippen LogP contribution < -0.4 is 5.32 Å². The van der Waals surface area contributed by atoms with Crippen LogP contribution in [-0.2, 0) is 0 Å². The number of nitrogens with zero attached hydrogens (tertiary/aromatic N) is 1. The Kier molecular flexibility index (Phi) is 4.13. The molecule has 1 aliphatic rings. The van der Waals surface area contributed by atoms with E-state index < -0.39 is 0 Å². The highest BCUT2D eigenvalue weighted by Crippen LogP contribution is 2.41. The molecule has 2 aromatic carbocycles. The third-order valence-corrected chi connectivity index (χ3v) is 4.14. The molecule has 1 saturated carbocycles. The first kappa shape index (κ1) is 14.6.